The number of non-ortho nitro benzene ring substituents is 1. The quantitative estimate of drug-likeness (QED) is 0.666. The number of nitro groups is 1. The van der Waals surface area contributed by atoms with Crippen LogP contribution in [0.15, 0.2) is 42.6 Å². The highest BCUT2D eigenvalue weighted by molar-refractivity contribution is 6.30. The SMILES string of the molecule is O=C(Nc1ccc([N+](=O)[O-])cc1)C1CCN(c2ccc(Cl)cn2)CC1. The molecule has 2 aromatic rings. The number of piperidine rings is 1. The molecule has 1 aromatic carbocycles. The number of nitrogens with one attached hydrogen (secondary N) is 1. The molecule has 1 saturated heterocycles. The van der Waals surface area contributed by atoms with Crippen molar-refractivity contribution in [1.29, 1.82) is 0 Å². The average molecular weight is 361 g/mol. The molecule has 1 aliphatic rings. The zero-order chi connectivity index (χ0) is 17.8. The summed E-state index contributed by atoms with van der Waals surface area (Å²) >= 11 is 5.85. The van der Waals surface area contributed by atoms with Crippen molar-refractivity contribution in [3.63, 3.8) is 0 Å². The van der Waals surface area contributed by atoms with Crippen LogP contribution in [-0.2, 0) is 4.79 Å². The Morgan fingerprint density at radius 1 is 1.20 bits per heavy atom. The largest absolute Gasteiger partial charge is 0.357 e. The summed E-state index contributed by atoms with van der Waals surface area (Å²) < 4.78 is 0. The zero-order valence-corrected chi connectivity index (χ0v) is 14.1. The van der Waals surface area contributed by atoms with Gasteiger partial charge in [-0.3, -0.25) is 14.9 Å². The number of hydrogen-bond donors (Lipinski definition) is 1. The van der Waals surface area contributed by atoms with Crippen LogP contribution in [0, 0.1) is 16.0 Å². The van der Waals surface area contributed by atoms with Crippen LogP contribution in [0.1, 0.15) is 12.8 Å². The molecule has 0 saturated carbocycles. The molecule has 1 fully saturated rings. The maximum Gasteiger partial charge on any atom is 0.269 e. The first kappa shape index (κ1) is 17.2. The van der Waals surface area contributed by atoms with Crippen molar-refractivity contribution in [3.8, 4) is 0 Å². The summed E-state index contributed by atoms with van der Waals surface area (Å²) in [7, 11) is 0. The van der Waals surface area contributed by atoms with Gasteiger partial charge in [-0.25, -0.2) is 4.98 Å². The van der Waals surface area contributed by atoms with Gasteiger partial charge in [0.15, 0.2) is 0 Å². The Hall–Kier alpha value is -2.67. The van der Waals surface area contributed by atoms with Crippen LogP contribution < -0.4 is 10.2 Å². The van der Waals surface area contributed by atoms with Crippen LogP contribution in [0.3, 0.4) is 0 Å². The number of halogens is 1. The second-order valence-electron chi connectivity index (χ2n) is 5.89. The summed E-state index contributed by atoms with van der Waals surface area (Å²) in [6.07, 6.45) is 3.07. The zero-order valence-electron chi connectivity index (χ0n) is 13.4. The molecule has 0 spiro atoms. The third-order valence-electron chi connectivity index (χ3n) is 4.25. The van der Waals surface area contributed by atoms with Crippen molar-refractivity contribution in [2.24, 2.45) is 5.92 Å². The van der Waals surface area contributed by atoms with Gasteiger partial charge in [0, 0.05) is 43.0 Å². The Morgan fingerprint density at radius 3 is 2.44 bits per heavy atom. The third-order valence-corrected chi connectivity index (χ3v) is 4.47. The van der Waals surface area contributed by atoms with Gasteiger partial charge in [-0.15, -0.1) is 0 Å². The summed E-state index contributed by atoms with van der Waals surface area (Å²) in [6, 6.07) is 9.53. The van der Waals surface area contributed by atoms with Crippen LogP contribution in [0.2, 0.25) is 5.02 Å². The number of nitro benzene ring substituents is 1. The Morgan fingerprint density at radius 2 is 1.88 bits per heavy atom. The topological polar surface area (TPSA) is 88.4 Å². The Kier molecular flexibility index (Phi) is 5.14. The van der Waals surface area contributed by atoms with Gasteiger partial charge < -0.3 is 10.2 Å². The smallest absolute Gasteiger partial charge is 0.269 e. The monoisotopic (exact) mass is 360 g/mol. The summed E-state index contributed by atoms with van der Waals surface area (Å²) in [6.45, 7) is 1.49. The molecular formula is C17H17ClN4O3. The number of amides is 1. The standard InChI is InChI=1S/C17H17ClN4O3/c18-13-1-6-16(19-11-13)21-9-7-12(8-10-21)17(23)20-14-2-4-15(5-3-14)22(24)25/h1-6,11-12H,7-10H2,(H,20,23). The van der Waals surface area contributed by atoms with E-state index in [-0.39, 0.29) is 17.5 Å². The number of aromatic nitrogens is 1. The Balaban J connectivity index is 1.54. The number of pyridine rings is 1. The Labute approximate surface area is 149 Å². The second kappa shape index (κ2) is 7.48. The van der Waals surface area contributed by atoms with Crippen LogP contribution in [0.5, 0.6) is 0 Å². The van der Waals surface area contributed by atoms with Crippen LogP contribution >= 0.6 is 11.6 Å². The Bertz CT molecular complexity index is 756. The lowest BCUT2D eigenvalue weighted by molar-refractivity contribution is -0.384. The second-order valence-corrected chi connectivity index (χ2v) is 6.33. The first-order valence-electron chi connectivity index (χ1n) is 7.95. The summed E-state index contributed by atoms with van der Waals surface area (Å²) in [4.78, 5) is 29.0. The molecule has 8 heteroatoms. The molecule has 1 amide bonds. The van der Waals surface area contributed by atoms with E-state index in [2.05, 4.69) is 15.2 Å². The van der Waals surface area contributed by atoms with Gasteiger partial charge in [-0.05, 0) is 37.1 Å². The fraction of sp³-hybridized carbons (Fsp3) is 0.294. The summed E-state index contributed by atoms with van der Waals surface area (Å²) in [5, 5.41) is 14.1. The van der Waals surface area contributed by atoms with Crippen LogP contribution in [0.4, 0.5) is 17.2 Å². The van der Waals surface area contributed by atoms with Gasteiger partial charge in [0.05, 0.1) is 9.95 Å². The number of rotatable bonds is 4. The summed E-state index contributed by atoms with van der Waals surface area (Å²) in [5.41, 5.74) is 0.569. The predicted molar refractivity (Wildman–Crippen MR) is 95.9 cm³/mol. The molecule has 3 rings (SSSR count). The average Bonchev–Trinajstić information content (AvgIpc) is 2.63. The highest BCUT2D eigenvalue weighted by atomic mass is 35.5. The molecule has 0 bridgehead atoms. The lowest BCUT2D eigenvalue weighted by Crippen LogP contribution is -2.38. The normalized spacial score (nSPS) is 15.0. The lowest BCUT2D eigenvalue weighted by Gasteiger charge is -2.32. The van der Waals surface area contributed by atoms with Gasteiger partial charge in [0.2, 0.25) is 5.91 Å². The molecule has 0 atom stereocenters. The van der Waals surface area contributed by atoms with Crippen molar-refractivity contribution in [2.45, 2.75) is 12.8 Å². The van der Waals surface area contributed by atoms with Gasteiger partial charge in [-0.1, -0.05) is 11.6 Å². The molecule has 130 valence electrons. The number of carbonyl (C=O) groups excluding carboxylic acids is 1. The fourth-order valence-corrected chi connectivity index (χ4v) is 2.95. The van der Waals surface area contributed by atoms with E-state index in [1.807, 2.05) is 6.07 Å². The van der Waals surface area contributed by atoms with E-state index in [0.29, 0.717) is 10.7 Å². The van der Waals surface area contributed by atoms with Crippen molar-refractivity contribution in [1.82, 2.24) is 4.98 Å². The van der Waals surface area contributed by atoms with Crippen molar-refractivity contribution in [3.05, 3.63) is 57.7 Å². The predicted octanol–water partition coefficient (Wildman–Crippen LogP) is 3.50. The highest BCUT2D eigenvalue weighted by Gasteiger charge is 2.25. The van der Waals surface area contributed by atoms with E-state index in [1.165, 1.54) is 12.1 Å². The van der Waals surface area contributed by atoms with Gasteiger partial charge in [0.25, 0.3) is 5.69 Å². The molecule has 0 radical (unpaired) electrons. The first-order chi connectivity index (χ1) is 12.0. The van der Waals surface area contributed by atoms with E-state index in [9.17, 15) is 14.9 Å². The van der Waals surface area contributed by atoms with Gasteiger partial charge in [0.1, 0.15) is 5.82 Å². The molecule has 0 unspecified atom stereocenters. The fourth-order valence-electron chi connectivity index (χ4n) is 2.84. The number of benzene rings is 1. The summed E-state index contributed by atoms with van der Waals surface area (Å²) in [5.74, 6) is 0.718. The van der Waals surface area contributed by atoms with Gasteiger partial charge >= 0.3 is 0 Å². The number of anilines is 2. The number of hydrogen-bond acceptors (Lipinski definition) is 5. The third kappa shape index (κ3) is 4.24. The molecule has 1 aliphatic heterocycles. The maximum absolute atomic E-state index is 12.4. The van der Waals surface area contributed by atoms with Crippen molar-refractivity contribution in [2.75, 3.05) is 23.3 Å². The highest BCUT2D eigenvalue weighted by Crippen LogP contribution is 2.24. The molecule has 0 aliphatic carbocycles. The maximum atomic E-state index is 12.4. The van der Waals surface area contributed by atoms with Crippen LogP contribution in [-0.4, -0.2) is 28.9 Å². The first-order valence-corrected chi connectivity index (χ1v) is 8.32. The molecule has 2 heterocycles. The molecule has 1 N–H and O–H groups in total. The molecule has 25 heavy (non-hydrogen) atoms. The van der Waals surface area contributed by atoms with E-state index >= 15 is 0 Å². The van der Waals surface area contributed by atoms with E-state index in [0.717, 1.165) is 31.7 Å². The number of nitrogens with zero attached hydrogens (tertiary/aromatic N) is 3. The van der Waals surface area contributed by atoms with E-state index in [4.69, 9.17) is 11.6 Å². The van der Waals surface area contributed by atoms with Crippen molar-refractivity contribution >= 4 is 34.7 Å². The lowest BCUT2D eigenvalue weighted by atomic mass is 9.96. The molecular weight excluding hydrogens is 344 g/mol. The minimum absolute atomic E-state index is 0.00164. The minimum Gasteiger partial charge on any atom is -0.357 e. The van der Waals surface area contributed by atoms with E-state index in [1.54, 1.807) is 24.4 Å². The molecule has 1 aromatic heterocycles. The molecule has 7 nitrogen and oxygen atoms in total. The minimum atomic E-state index is -0.466. The van der Waals surface area contributed by atoms with Gasteiger partial charge in [-0.2, -0.15) is 0 Å². The van der Waals surface area contributed by atoms with Crippen LogP contribution in [0.25, 0.3) is 0 Å². The van der Waals surface area contributed by atoms with E-state index < -0.39 is 4.92 Å². The van der Waals surface area contributed by atoms with Crippen molar-refractivity contribution < 1.29 is 9.72 Å². The number of carbonyl (C=O) groups is 1.